The molecule has 0 unspecified atom stereocenters. The van der Waals surface area contributed by atoms with E-state index in [4.69, 9.17) is 4.74 Å². The second-order valence-corrected chi connectivity index (χ2v) is 9.37. The lowest BCUT2D eigenvalue weighted by Crippen LogP contribution is -2.48. The Labute approximate surface area is 169 Å². The predicted octanol–water partition coefficient (Wildman–Crippen LogP) is 4.11. The van der Waals surface area contributed by atoms with Gasteiger partial charge in [0.05, 0.1) is 11.5 Å². The van der Waals surface area contributed by atoms with Crippen molar-refractivity contribution in [2.24, 2.45) is 0 Å². The van der Waals surface area contributed by atoms with E-state index < -0.39 is 10.0 Å². The van der Waals surface area contributed by atoms with Crippen molar-refractivity contribution in [2.45, 2.75) is 38.0 Å². The molecule has 1 aliphatic heterocycles. The maximum absolute atomic E-state index is 13.2. The molecule has 2 aromatic carbocycles. The highest BCUT2D eigenvalue weighted by Crippen LogP contribution is 2.31. The molecule has 0 N–H and O–H groups in total. The van der Waals surface area contributed by atoms with Crippen LogP contribution in [0.5, 0.6) is 5.75 Å². The standard InChI is InChI=1S/C22H30N2O3S/c1-4-16-27-22-11-10-20(17-21(22)18(2)3)28(25,26)24-14-12-23(13-15-24)19-8-6-5-7-9-19/h5-11,17-18H,4,12-16H2,1-3H3. The lowest BCUT2D eigenvalue weighted by Gasteiger charge is -2.35. The summed E-state index contributed by atoms with van der Waals surface area (Å²) in [5, 5.41) is 0. The van der Waals surface area contributed by atoms with Crippen molar-refractivity contribution in [3.05, 3.63) is 54.1 Å². The molecule has 1 aliphatic rings. The molecule has 0 amide bonds. The Morgan fingerprint density at radius 2 is 1.68 bits per heavy atom. The fraction of sp³-hybridized carbons (Fsp3) is 0.455. The average molecular weight is 403 g/mol. The van der Waals surface area contributed by atoms with Gasteiger partial charge in [0.1, 0.15) is 5.75 Å². The molecule has 0 radical (unpaired) electrons. The molecule has 152 valence electrons. The Morgan fingerprint density at radius 3 is 2.29 bits per heavy atom. The molecule has 0 saturated carbocycles. The molecule has 5 nitrogen and oxygen atoms in total. The normalized spacial score (nSPS) is 15.8. The van der Waals surface area contributed by atoms with Gasteiger partial charge in [-0.25, -0.2) is 8.42 Å². The van der Waals surface area contributed by atoms with Crippen molar-refractivity contribution in [2.75, 3.05) is 37.7 Å². The summed E-state index contributed by atoms with van der Waals surface area (Å²) in [4.78, 5) is 2.58. The highest BCUT2D eigenvalue weighted by molar-refractivity contribution is 7.89. The summed E-state index contributed by atoms with van der Waals surface area (Å²) in [5.74, 6) is 0.974. The van der Waals surface area contributed by atoms with Crippen molar-refractivity contribution in [3.63, 3.8) is 0 Å². The maximum Gasteiger partial charge on any atom is 0.243 e. The second-order valence-electron chi connectivity index (χ2n) is 7.43. The number of anilines is 1. The molecule has 1 heterocycles. The van der Waals surface area contributed by atoms with Gasteiger partial charge in [-0.2, -0.15) is 4.31 Å². The molecular formula is C22H30N2O3S. The van der Waals surface area contributed by atoms with Crippen molar-refractivity contribution < 1.29 is 13.2 Å². The van der Waals surface area contributed by atoms with Crippen LogP contribution in [0.15, 0.2) is 53.4 Å². The van der Waals surface area contributed by atoms with Crippen LogP contribution in [0, 0.1) is 0 Å². The monoisotopic (exact) mass is 402 g/mol. The first-order valence-electron chi connectivity index (χ1n) is 10.0. The summed E-state index contributed by atoms with van der Waals surface area (Å²) < 4.78 is 33.8. The number of nitrogens with zero attached hydrogens (tertiary/aromatic N) is 2. The molecule has 0 bridgehead atoms. The number of hydrogen-bond donors (Lipinski definition) is 0. The lowest BCUT2D eigenvalue weighted by molar-refractivity contribution is 0.312. The SMILES string of the molecule is CCCOc1ccc(S(=O)(=O)N2CCN(c3ccccc3)CC2)cc1C(C)C. The fourth-order valence-corrected chi connectivity index (χ4v) is 4.91. The molecule has 1 fully saturated rings. The summed E-state index contributed by atoms with van der Waals surface area (Å²) >= 11 is 0. The minimum atomic E-state index is -3.51. The zero-order valence-corrected chi connectivity index (χ0v) is 17.8. The van der Waals surface area contributed by atoms with Gasteiger partial charge in [0, 0.05) is 31.9 Å². The third kappa shape index (κ3) is 4.50. The van der Waals surface area contributed by atoms with E-state index in [-0.39, 0.29) is 5.92 Å². The fourth-order valence-electron chi connectivity index (χ4n) is 3.46. The first-order valence-corrected chi connectivity index (χ1v) is 11.4. The van der Waals surface area contributed by atoms with Gasteiger partial charge in [0.15, 0.2) is 0 Å². The first-order chi connectivity index (χ1) is 13.4. The van der Waals surface area contributed by atoms with Crippen molar-refractivity contribution in [1.29, 1.82) is 0 Å². The maximum atomic E-state index is 13.2. The van der Waals surface area contributed by atoms with Crippen LogP contribution >= 0.6 is 0 Å². The van der Waals surface area contributed by atoms with Crippen LogP contribution in [0.1, 0.15) is 38.7 Å². The Hall–Kier alpha value is -2.05. The van der Waals surface area contributed by atoms with Gasteiger partial charge in [0.2, 0.25) is 10.0 Å². The quantitative estimate of drug-likeness (QED) is 0.699. The third-order valence-corrected chi connectivity index (χ3v) is 6.96. The van der Waals surface area contributed by atoms with Crippen LogP contribution in [0.3, 0.4) is 0 Å². The molecule has 28 heavy (non-hydrogen) atoms. The summed E-state index contributed by atoms with van der Waals surface area (Å²) in [6.07, 6.45) is 0.920. The molecular weight excluding hydrogens is 372 g/mol. The number of benzene rings is 2. The van der Waals surface area contributed by atoms with Crippen molar-refractivity contribution in [1.82, 2.24) is 4.31 Å². The van der Waals surface area contributed by atoms with E-state index >= 15 is 0 Å². The topological polar surface area (TPSA) is 49.9 Å². The highest BCUT2D eigenvalue weighted by atomic mass is 32.2. The smallest absolute Gasteiger partial charge is 0.243 e. The second kappa shape index (κ2) is 8.97. The molecule has 0 spiro atoms. The average Bonchev–Trinajstić information content (AvgIpc) is 2.72. The molecule has 0 aliphatic carbocycles. The molecule has 2 aromatic rings. The summed E-state index contributed by atoms with van der Waals surface area (Å²) in [7, 11) is -3.51. The van der Waals surface area contributed by atoms with Gasteiger partial charge in [-0.15, -0.1) is 0 Å². The number of ether oxygens (including phenoxy) is 1. The Kier molecular flexibility index (Phi) is 6.62. The first kappa shape index (κ1) is 20.7. The molecule has 3 rings (SSSR count). The van der Waals surface area contributed by atoms with Gasteiger partial charge < -0.3 is 9.64 Å². The largest absolute Gasteiger partial charge is 0.493 e. The minimum absolute atomic E-state index is 0.192. The van der Waals surface area contributed by atoms with Crippen LogP contribution in [0.4, 0.5) is 5.69 Å². The van der Waals surface area contributed by atoms with Crippen molar-refractivity contribution in [3.8, 4) is 5.75 Å². The van der Waals surface area contributed by atoms with Gasteiger partial charge in [0.25, 0.3) is 0 Å². The van der Waals surface area contributed by atoms with Gasteiger partial charge in [-0.05, 0) is 48.2 Å². The van der Waals surface area contributed by atoms with Gasteiger partial charge >= 0.3 is 0 Å². The van der Waals surface area contributed by atoms with Crippen LogP contribution in [0.2, 0.25) is 0 Å². The Bertz CT molecular complexity index is 874. The summed E-state index contributed by atoms with van der Waals surface area (Å²) in [6, 6.07) is 15.4. The van der Waals surface area contributed by atoms with E-state index in [2.05, 4.69) is 37.8 Å². The van der Waals surface area contributed by atoms with Crippen LogP contribution in [0.25, 0.3) is 0 Å². The molecule has 1 saturated heterocycles. The van der Waals surface area contributed by atoms with E-state index in [0.717, 1.165) is 23.4 Å². The zero-order chi connectivity index (χ0) is 20.1. The molecule has 0 aromatic heterocycles. The number of hydrogen-bond acceptors (Lipinski definition) is 4. The number of piperazine rings is 1. The zero-order valence-electron chi connectivity index (χ0n) is 17.0. The van der Waals surface area contributed by atoms with Crippen molar-refractivity contribution >= 4 is 15.7 Å². The summed E-state index contributed by atoms with van der Waals surface area (Å²) in [5.41, 5.74) is 2.08. The Morgan fingerprint density at radius 1 is 1.00 bits per heavy atom. The number of sulfonamides is 1. The number of rotatable bonds is 7. The molecule has 6 heteroatoms. The van der Waals surface area contributed by atoms with E-state index in [1.165, 1.54) is 0 Å². The number of para-hydroxylation sites is 1. The van der Waals surface area contributed by atoms with E-state index in [1.807, 2.05) is 18.2 Å². The lowest BCUT2D eigenvalue weighted by atomic mass is 10.0. The minimum Gasteiger partial charge on any atom is -0.493 e. The van der Waals surface area contributed by atoms with E-state index in [0.29, 0.717) is 37.7 Å². The third-order valence-electron chi connectivity index (χ3n) is 5.06. The van der Waals surface area contributed by atoms with E-state index in [1.54, 1.807) is 22.5 Å². The molecule has 0 atom stereocenters. The summed E-state index contributed by atoms with van der Waals surface area (Å²) in [6.45, 7) is 9.17. The highest BCUT2D eigenvalue weighted by Gasteiger charge is 2.29. The van der Waals surface area contributed by atoms with Crippen LogP contribution < -0.4 is 9.64 Å². The van der Waals surface area contributed by atoms with Crippen LogP contribution in [-0.4, -0.2) is 45.5 Å². The van der Waals surface area contributed by atoms with Gasteiger partial charge in [-0.3, -0.25) is 0 Å². The Balaban J connectivity index is 1.77. The predicted molar refractivity (Wildman–Crippen MR) is 114 cm³/mol. The van der Waals surface area contributed by atoms with Crippen LogP contribution in [-0.2, 0) is 10.0 Å². The van der Waals surface area contributed by atoms with Gasteiger partial charge in [-0.1, -0.05) is 39.0 Å². The van der Waals surface area contributed by atoms with E-state index in [9.17, 15) is 8.42 Å².